The van der Waals surface area contributed by atoms with Crippen molar-refractivity contribution in [3.63, 3.8) is 0 Å². The van der Waals surface area contributed by atoms with Crippen LogP contribution in [-0.2, 0) is 10.0 Å². The van der Waals surface area contributed by atoms with E-state index in [0.717, 1.165) is 11.8 Å². The number of sulfonamides is 1. The van der Waals surface area contributed by atoms with Crippen LogP contribution in [0.15, 0.2) is 36.4 Å². The van der Waals surface area contributed by atoms with Crippen LogP contribution in [0.25, 0.3) is 0 Å². The number of hydrogen-bond acceptors (Lipinski definition) is 4. The van der Waals surface area contributed by atoms with E-state index in [1.54, 1.807) is 40.8 Å². The summed E-state index contributed by atoms with van der Waals surface area (Å²) in [5.74, 6) is -0.915. The van der Waals surface area contributed by atoms with E-state index in [2.05, 4.69) is 0 Å². The van der Waals surface area contributed by atoms with Gasteiger partial charge < -0.3 is 14.7 Å². The zero-order valence-electron chi connectivity index (χ0n) is 20.8. The average Bonchev–Trinajstić information content (AvgIpc) is 3.31. The number of carbonyl (C=O) groups is 2. The smallest absolute Gasteiger partial charge is 0.320 e. The van der Waals surface area contributed by atoms with E-state index in [0.29, 0.717) is 27.7 Å². The fourth-order valence-electron chi connectivity index (χ4n) is 4.95. The van der Waals surface area contributed by atoms with Crippen molar-refractivity contribution in [2.45, 2.75) is 18.9 Å². The monoisotopic (exact) mass is 570 g/mol. The number of halogens is 3. The molecule has 200 valence electrons. The maximum atomic E-state index is 13.8. The van der Waals surface area contributed by atoms with Gasteiger partial charge in [-0.2, -0.15) is 4.31 Å². The molecule has 0 aliphatic carbocycles. The molecule has 2 heterocycles. The van der Waals surface area contributed by atoms with E-state index in [1.807, 2.05) is 6.07 Å². The standard InChI is InChI=1S/C25H29Cl2FN4O4S/c1-16-12-18(5-7-22(16)28)24(33)29(2)23-15-31(14-19(23)17-4-6-20(26)21(27)13-17)25(34)30-8-10-32(11-9-30)37(3,35)36/h4-7,12-13,19,23H,8-11,14-15H2,1-3H3/t19-,23+/m0/s1. The molecule has 2 aromatic rings. The average molecular weight is 572 g/mol. The van der Waals surface area contributed by atoms with Crippen LogP contribution < -0.4 is 0 Å². The van der Waals surface area contributed by atoms with Crippen molar-refractivity contribution < 1.29 is 22.4 Å². The molecule has 12 heteroatoms. The van der Waals surface area contributed by atoms with E-state index >= 15 is 0 Å². The summed E-state index contributed by atoms with van der Waals surface area (Å²) < 4.78 is 38.8. The summed E-state index contributed by atoms with van der Waals surface area (Å²) in [6.07, 6.45) is 1.16. The lowest BCUT2D eigenvalue weighted by molar-refractivity contribution is 0.0723. The van der Waals surface area contributed by atoms with Gasteiger partial charge in [-0.1, -0.05) is 29.3 Å². The van der Waals surface area contributed by atoms with Crippen molar-refractivity contribution in [3.05, 3.63) is 69.0 Å². The highest BCUT2D eigenvalue weighted by atomic mass is 35.5. The summed E-state index contributed by atoms with van der Waals surface area (Å²) in [6.45, 7) is 3.26. The molecule has 0 aromatic heterocycles. The zero-order valence-corrected chi connectivity index (χ0v) is 23.2. The van der Waals surface area contributed by atoms with Gasteiger partial charge >= 0.3 is 6.03 Å². The number of aryl methyl sites for hydroxylation is 1. The molecular formula is C25H29Cl2FN4O4S. The highest BCUT2D eigenvalue weighted by molar-refractivity contribution is 7.88. The first-order chi connectivity index (χ1) is 17.4. The third kappa shape index (κ3) is 5.87. The van der Waals surface area contributed by atoms with Crippen LogP contribution in [0.2, 0.25) is 10.0 Å². The highest BCUT2D eigenvalue weighted by Crippen LogP contribution is 2.35. The molecule has 2 atom stereocenters. The summed E-state index contributed by atoms with van der Waals surface area (Å²) >= 11 is 12.4. The van der Waals surface area contributed by atoms with E-state index in [4.69, 9.17) is 23.2 Å². The fraction of sp³-hybridized carbons (Fsp3) is 0.440. The van der Waals surface area contributed by atoms with Crippen LogP contribution in [0.5, 0.6) is 0 Å². The second-order valence-corrected chi connectivity index (χ2v) is 12.4. The maximum absolute atomic E-state index is 13.8. The first kappa shape index (κ1) is 27.6. The topological polar surface area (TPSA) is 81.2 Å². The van der Waals surface area contributed by atoms with Gasteiger partial charge in [0.1, 0.15) is 5.82 Å². The predicted octanol–water partition coefficient (Wildman–Crippen LogP) is 3.68. The van der Waals surface area contributed by atoms with Gasteiger partial charge in [-0.15, -0.1) is 0 Å². The number of rotatable bonds is 4. The maximum Gasteiger partial charge on any atom is 0.320 e. The molecule has 3 amide bonds. The Morgan fingerprint density at radius 3 is 2.24 bits per heavy atom. The lowest BCUT2D eigenvalue weighted by Crippen LogP contribution is -2.53. The number of amides is 3. The van der Waals surface area contributed by atoms with Crippen molar-refractivity contribution in [1.29, 1.82) is 0 Å². The largest absolute Gasteiger partial charge is 0.336 e. The molecule has 2 aliphatic heterocycles. The van der Waals surface area contributed by atoms with Gasteiger partial charge in [-0.05, 0) is 48.4 Å². The van der Waals surface area contributed by atoms with Crippen molar-refractivity contribution >= 4 is 45.2 Å². The minimum atomic E-state index is -3.32. The van der Waals surface area contributed by atoms with Gasteiger partial charge in [0.15, 0.2) is 0 Å². The quantitative estimate of drug-likeness (QED) is 0.561. The minimum absolute atomic E-state index is 0.209. The molecule has 2 aromatic carbocycles. The lowest BCUT2D eigenvalue weighted by atomic mass is 9.93. The van der Waals surface area contributed by atoms with Crippen LogP contribution in [-0.4, -0.2) is 98.0 Å². The number of piperazine rings is 1. The Balaban J connectivity index is 1.58. The number of nitrogens with zero attached hydrogens (tertiary/aromatic N) is 4. The first-order valence-electron chi connectivity index (χ1n) is 11.8. The SMILES string of the molecule is Cc1cc(C(=O)N(C)[C@@H]2CN(C(=O)N3CCN(S(C)(=O)=O)CC3)C[C@H]2c2ccc(Cl)c(Cl)c2)ccc1F. The van der Waals surface area contributed by atoms with Gasteiger partial charge in [0.05, 0.1) is 22.3 Å². The van der Waals surface area contributed by atoms with Crippen molar-refractivity contribution in [3.8, 4) is 0 Å². The molecule has 0 bridgehead atoms. The Morgan fingerprint density at radius 2 is 1.65 bits per heavy atom. The van der Waals surface area contributed by atoms with Crippen molar-refractivity contribution in [1.82, 2.24) is 19.0 Å². The van der Waals surface area contributed by atoms with Crippen LogP contribution in [0.1, 0.15) is 27.4 Å². The Morgan fingerprint density at radius 1 is 0.973 bits per heavy atom. The number of likely N-dealkylation sites (N-methyl/N-ethyl adjacent to an activating group) is 1. The summed E-state index contributed by atoms with van der Waals surface area (Å²) in [7, 11) is -1.64. The molecule has 0 radical (unpaired) electrons. The Bertz CT molecular complexity index is 1320. The van der Waals surface area contributed by atoms with E-state index in [1.165, 1.54) is 22.5 Å². The van der Waals surface area contributed by atoms with Crippen LogP contribution in [0.4, 0.5) is 9.18 Å². The van der Waals surface area contributed by atoms with Gasteiger partial charge in [0, 0.05) is 57.8 Å². The van der Waals surface area contributed by atoms with Crippen molar-refractivity contribution in [2.75, 3.05) is 52.6 Å². The third-order valence-corrected chi connectivity index (χ3v) is 9.17. The van der Waals surface area contributed by atoms with Crippen LogP contribution in [0, 0.1) is 12.7 Å². The second-order valence-electron chi connectivity index (χ2n) is 9.56. The molecule has 4 rings (SSSR count). The summed E-state index contributed by atoms with van der Waals surface area (Å²) in [6, 6.07) is 8.93. The zero-order chi connectivity index (χ0) is 27.1. The number of carbonyl (C=O) groups excluding carboxylic acids is 2. The number of hydrogen-bond donors (Lipinski definition) is 0. The fourth-order valence-corrected chi connectivity index (χ4v) is 6.08. The van der Waals surface area contributed by atoms with E-state index in [9.17, 15) is 22.4 Å². The Hall–Kier alpha value is -2.40. The number of benzene rings is 2. The first-order valence-corrected chi connectivity index (χ1v) is 14.4. The normalized spacial score (nSPS) is 20.8. The minimum Gasteiger partial charge on any atom is -0.336 e. The molecule has 2 aliphatic rings. The van der Waals surface area contributed by atoms with E-state index in [-0.39, 0.29) is 62.4 Å². The molecule has 37 heavy (non-hydrogen) atoms. The van der Waals surface area contributed by atoms with Crippen molar-refractivity contribution in [2.24, 2.45) is 0 Å². The summed E-state index contributed by atoms with van der Waals surface area (Å²) in [5.41, 5.74) is 1.57. The Labute approximate surface area is 226 Å². The molecule has 8 nitrogen and oxygen atoms in total. The second kappa shape index (κ2) is 10.8. The predicted molar refractivity (Wildman–Crippen MR) is 141 cm³/mol. The lowest BCUT2D eigenvalue weighted by Gasteiger charge is -2.35. The highest BCUT2D eigenvalue weighted by Gasteiger charge is 2.42. The van der Waals surface area contributed by atoms with Gasteiger partial charge in [0.25, 0.3) is 5.91 Å². The molecule has 0 saturated carbocycles. The molecule has 0 spiro atoms. The third-order valence-electron chi connectivity index (χ3n) is 7.13. The Kier molecular flexibility index (Phi) is 8.04. The summed E-state index contributed by atoms with van der Waals surface area (Å²) in [5, 5.41) is 0.783. The van der Waals surface area contributed by atoms with Gasteiger partial charge in [-0.3, -0.25) is 4.79 Å². The van der Waals surface area contributed by atoms with Crippen LogP contribution in [0.3, 0.4) is 0 Å². The number of likely N-dealkylation sites (tertiary alicyclic amines) is 1. The molecule has 2 saturated heterocycles. The molecular weight excluding hydrogens is 542 g/mol. The molecule has 0 unspecified atom stereocenters. The van der Waals surface area contributed by atoms with Gasteiger partial charge in [0.2, 0.25) is 10.0 Å². The summed E-state index contributed by atoms with van der Waals surface area (Å²) in [4.78, 5) is 31.7. The van der Waals surface area contributed by atoms with E-state index < -0.39 is 10.0 Å². The molecule has 0 N–H and O–H groups in total. The van der Waals surface area contributed by atoms with Crippen LogP contribution >= 0.6 is 23.2 Å². The molecule has 2 fully saturated rings. The van der Waals surface area contributed by atoms with Gasteiger partial charge in [-0.25, -0.2) is 17.6 Å². The number of urea groups is 1.